The fraction of sp³-hybridized carbons (Fsp3) is 0.533. The summed E-state index contributed by atoms with van der Waals surface area (Å²) in [5, 5.41) is 3.18. The summed E-state index contributed by atoms with van der Waals surface area (Å²) < 4.78 is 32.4. The maximum absolute atomic E-state index is 13.0. The molecule has 1 aromatic carbocycles. The van der Waals surface area contributed by atoms with Crippen LogP contribution in [-0.2, 0) is 14.8 Å². The van der Waals surface area contributed by atoms with Gasteiger partial charge in [0.25, 0.3) is 0 Å². The lowest BCUT2D eigenvalue weighted by atomic mass is 9.79. The van der Waals surface area contributed by atoms with Crippen LogP contribution in [0.15, 0.2) is 23.1 Å². The minimum Gasteiger partial charge on any atom is -0.495 e. The third-order valence-electron chi connectivity index (χ3n) is 4.66. The van der Waals surface area contributed by atoms with Gasteiger partial charge in [0.15, 0.2) is 0 Å². The molecule has 2 fully saturated rings. The molecule has 0 unspecified atom stereocenters. The molecule has 0 saturated carbocycles. The number of nitrogens with zero attached hydrogens (tertiary/aromatic N) is 1. The molecule has 0 bridgehead atoms. The molecule has 8 heteroatoms. The highest BCUT2D eigenvalue weighted by Gasteiger charge is 2.49. The van der Waals surface area contributed by atoms with Crippen molar-refractivity contribution in [2.45, 2.75) is 24.2 Å². The van der Waals surface area contributed by atoms with E-state index in [9.17, 15) is 13.2 Å². The van der Waals surface area contributed by atoms with Crippen LogP contribution < -0.4 is 10.1 Å². The predicted octanol–water partition coefficient (Wildman–Crippen LogP) is 1.64. The Bertz CT molecular complexity index is 737. The Morgan fingerprint density at radius 1 is 1.35 bits per heavy atom. The number of rotatable bonds is 3. The van der Waals surface area contributed by atoms with Crippen molar-refractivity contribution in [2.75, 3.05) is 26.7 Å². The summed E-state index contributed by atoms with van der Waals surface area (Å²) in [5.74, 6) is 0.211. The van der Waals surface area contributed by atoms with Crippen LogP contribution in [0.2, 0.25) is 5.02 Å². The Balaban J connectivity index is 1.93. The normalized spacial score (nSPS) is 25.6. The first-order chi connectivity index (χ1) is 10.9. The summed E-state index contributed by atoms with van der Waals surface area (Å²) >= 11 is 5.95. The SMILES string of the molecule is COc1ccc(Cl)cc1S(=O)(=O)N1CC[C@@]2(CCCNC2=O)C1. The van der Waals surface area contributed by atoms with Gasteiger partial charge in [0.05, 0.1) is 12.5 Å². The highest BCUT2D eigenvalue weighted by atomic mass is 35.5. The summed E-state index contributed by atoms with van der Waals surface area (Å²) in [7, 11) is -2.34. The maximum Gasteiger partial charge on any atom is 0.246 e. The Morgan fingerprint density at radius 3 is 2.83 bits per heavy atom. The molecule has 2 saturated heterocycles. The molecule has 2 aliphatic rings. The first-order valence-corrected chi connectivity index (χ1v) is 9.33. The molecule has 6 nitrogen and oxygen atoms in total. The van der Waals surface area contributed by atoms with E-state index in [4.69, 9.17) is 16.3 Å². The largest absolute Gasteiger partial charge is 0.495 e. The molecule has 0 radical (unpaired) electrons. The summed E-state index contributed by atoms with van der Waals surface area (Å²) in [4.78, 5) is 12.3. The lowest BCUT2D eigenvalue weighted by molar-refractivity contribution is -0.132. The zero-order chi connectivity index (χ0) is 16.7. The zero-order valence-corrected chi connectivity index (χ0v) is 14.4. The minimum atomic E-state index is -3.76. The topological polar surface area (TPSA) is 75.7 Å². The van der Waals surface area contributed by atoms with Crippen LogP contribution >= 0.6 is 11.6 Å². The van der Waals surface area contributed by atoms with Crippen molar-refractivity contribution < 1.29 is 17.9 Å². The van der Waals surface area contributed by atoms with E-state index in [0.717, 1.165) is 12.8 Å². The van der Waals surface area contributed by atoms with E-state index in [1.807, 2.05) is 0 Å². The molecule has 23 heavy (non-hydrogen) atoms. The van der Waals surface area contributed by atoms with Crippen LogP contribution in [0, 0.1) is 5.41 Å². The van der Waals surface area contributed by atoms with Crippen LogP contribution in [0.1, 0.15) is 19.3 Å². The van der Waals surface area contributed by atoms with E-state index in [1.54, 1.807) is 6.07 Å². The number of carbonyl (C=O) groups is 1. The molecule has 1 spiro atoms. The predicted molar refractivity (Wildman–Crippen MR) is 86.1 cm³/mol. The van der Waals surface area contributed by atoms with Gasteiger partial charge in [0, 0.05) is 24.7 Å². The van der Waals surface area contributed by atoms with Crippen molar-refractivity contribution in [2.24, 2.45) is 5.41 Å². The van der Waals surface area contributed by atoms with Gasteiger partial charge in [-0.1, -0.05) is 11.6 Å². The molecule has 0 aliphatic carbocycles. The molecule has 3 rings (SSSR count). The van der Waals surface area contributed by atoms with Crippen molar-refractivity contribution in [1.29, 1.82) is 0 Å². The smallest absolute Gasteiger partial charge is 0.246 e. The fourth-order valence-corrected chi connectivity index (χ4v) is 5.30. The molecule has 1 aromatic rings. The van der Waals surface area contributed by atoms with E-state index in [1.165, 1.54) is 23.5 Å². The second kappa shape index (κ2) is 5.96. The van der Waals surface area contributed by atoms with Crippen molar-refractivity contribution >= 4 is 27.5 Å². The number of methoxy groups -OCH3 is 1. The van der Waals surface area contributed by atoms with Gasteiger partial charge in [0.2, 0.25) is 15.9 Å². The molecule has 1 N–H and O–H groups in total. The maximum atomic E-state index is 13.0. The van der Waals surface area contributed by atoms with E-state index >= 15 is 0 Å². The van der Waals surface area contributed by atoms with Gasteiger partial charge in [-0.05, 0) is 37.5 Å². The first-order valence-electron chi connectivity index (χ1n) is 7.51. The van der Waals surface area contributed by atoms with E-state index in [-0.39, 0.29) is 23.1 Å². The summed E-state index contributed by atoms with van der Waals surface area (Å²) in [5.41, 5.74) is -0.600. The van der Waals surface area contributed by atoms with Crippen molar-refractivity contribution in [3.63, 3.8) is 0 Å². The monoisotopic (exact) mass is 358 g/mol. The standard InChI is InChI=1S/C15H19ClN2O4S/c1-22-12-4-3-11(16)9-13(12)23(20,21)18-8-6-15(10-18)5-2-7-17-14(15)19/h3-4,9H,2,5-8,10H2,1H3,(H,17,19)/t15-/m0/s1. The van der Waals surface area contributed by atoms with Gasteiger partial charge in [-0.25, -0.2) is 8.42 Å². The number of piperidine rings is 1. The van der Waals surface area contributed by atoms with E-state index in [0.29, 0.717) is 24.5 Å². The number of benzene rings is 1. The van der Waals surface area contributed by atoms with Gasteiger partial charge in [0.1, 0.15) is 10.6 Å². The molecule has 2 aliphatic heterocycles. The van der Waals surface area contributed by atoms with Crippen molar-refractivity contribution in [1.82, 2.24) is 9.62 Å². The van der Waals surface area contributed by atoms with Crippen LogP contribution in [0.5, 0.6) is 5.75 Å². The quantitative estimate of drug-likeness (QED) is 0.891. The number of carbonyl (C=O) groups excluding carboxylic acids is 1. The van der Waals surface area contributed by atoms with Gasteiger partial charge in [-0.3, -0.25) is 4.79 Å². The van der Waals surface area contributed by atoms with Gasteiger partial charge in [-0.15, -0.1) is 0 Å². The lowest BCUT2D eigenvalue weighted by Gasteiger charge is -2.32. The summed E-state index contributed by atoms with van der Waals surface area (Å²) in [6.07, 6.45) is 2.14. The molecule has 1 amide bonds. The van der Waals surface area contributed by atoms with Crippen molar-refractivity contribution in [3.8, 4) is 5.75 Å². The second-order valence-electron chi connectivity index (χ2n) is 6.02. The number of hydrogen-bond donors (Lipinski definition) is 1. The third kappa shape index (κ3) is 2.81. The highest BCUT2D eigenvalue weighted by molar-refractivity contribution is 7.89. The average Bonchev–Trinajstić information content (AvgIpc) is 2.96. The van der Waals surface area contributed by atoms with Crippen LogP contribution in [0.25, 0.3) is 0 Å². The van der Waals surface area contributed by atoms with E-state index < -0.39 is 15.4 Å². The Morgan fingerprint density at radius 2 is 2.13 bits per heavy atom. The van der Waals surface area contributed by atoms with E-state index in [2.05, 4.69) is 5.32 Å². The highest BCUT2D eigenvalue weighted by Crippen LogP contribution is 2.41. The number of nitrogens with one attached hydrogen (secondary N) is 1. The number of halogens is 1. The summed E-state index contributed by atoms with van der Waals surface area (Å²) in [6.45, 7) is 1.19. The molecular weight excluding hydrogens is 340 g/mol. The minimum absolute atomic E-state index is 0.0421. The molecule has 0 aromatic heterocycles. The number of amides is 1. The lowest BCUT2D eigenvalue weighted by Crippen LogP contribution is -2.47. The number of sulfonamides is 1. The molecule has 126 valence electrons. The summed E-state index contributed by atoms with van der Waals surface area (Å²) in [6, 6.07) is 4.51. The Labute approximate surface area is 140 Å². The van der Waals surface area contributed by atoms with Crippen molar-refractivity contribution in [3.05, 3.63) is 23.2 Å². The third-order valence-corrected chi connectivity index (χ3v) is 6.76. The number of hydrogen-bond acceptors (Lipinski definition) is 4. The zero-order valence-electron chi connectivity index (χ0n) is 12.8. The molecular formula is C15H19ClN2O4S. The Kier molecular flexibility index (Phi) is 4.29. The van der Waals surface area contributed by atoms with Gasteiger partial charge >= 0.3 is 0 Å². The van der Waals surface area contributed by atoms with Gasteiger partial charge in [-0.2, -0.15) is 4.31 Å². The number of ether oxygens (including phenoxy) is 1. The average molecular weight is 359 g/mol. The van der Waals surface area contributed by atoms with Gasteiger partial charge < -0.3 is 10.1 Å². The fourth-order valence-electron chi connectivity index (χ4n) is 3.35. The second-order valence-corrected chi connectivity index (χ2v) is 8.37. The van der Waals surface area contributed by atoms with Crippen LogP contribution in [0.3, 0.4) is 0 Å². The van der Waals surface area contributed by atoms with Crippen LogP contribution in [0.4, 0.5) is 0 Å². The first kappa shape index (κ1) is 16.5. The molecule has 2 heterocycles. The Hall–Kier alpha value is -1.31. The molecule has 1 atom stereocenters. The van der Waals surface area contributed by atoms with Crippen LogP contribution in [-0.4, -0.2) is 45.4 Å².